The van der Waals surface area contributed by atoms with Crippen LogP contribution in [-0.4, -0.2) is 44.9 Å². The lowest BCUT2D eigenvalue weighted by Gasteiger charge is -2.21. The number of nitrogens with one attached hydrogen (secondary N) is 1. The van der Waals surface area contributed by atoms with E-state index in [1.165, 1.54) is 10.6 Å². The Bertz CT molecular complexity index is 627. The highest BCUT2D eigenvalue weighted by Gasteiger charge is 2.32. The number of carbonyl (C=O) groups is 1. The van der Waals surface area contributed by atoms with E-state index in [0.29, 0.717) is 17.7 Å². The molecule has 6 nitrogen and oxygen atoms in total. The minimum absolute atomic E-state index is 0.116. The van der Waals surface area contributed by atoms with E-state index < -0.39 is 10.0 Å². The minimum Gasteiger partial charge on any atom is -0.395 e. The number of hydrogen-bond acceptors (Lipinski definition) is 4. The molecule has 0 spiro atoms. The predicted molar refractivity (Wildman–Crippen MR) is 76.3 cm³/mol. The van der Waals surface area contributed by atoms with Crippen LogP contribution in [0.3, 0.4) is 0 Å². The lowest BCUT2D eigenvalue weighted by Crippen LogP contribution is -2.34. The Hall–Kier alpha value is -1.60. The second-order valence-corrected chi connectivity index (χ2v) is 6.79. The Morgan fingerprint density at radius 2 is 2.20 bits per heavy atom. The largest absolute Gasteiger partial charge is 0.395 e. The quantitative estimate of drug-likeness (QED) is 0.826. The molecule has 20 heavy (non-hydrogen) atoms. The third-order valence-electron chi connectivity index (χ3n) is 3.25. The van der Waals surface area contributed by atoms with Crippen molar-refractivity contribution in [2.24, 2.45) is 0 Å². The number of fused-ring (bicyclic) bond motifs is 1. The molecule has 2 N–H and O–H groups in total. The topological polar surface area (TPSA) is 86.7 Å². The molecule has 1 aromatic rings. The molecule has 110 valence electrons. The Morgan fingerprint density at radius 1 is 1.50 bits per heavy atom. The zero-order valence-electron chi connectivity index (χ0n) is 11.5. The van der Waals surface area contributed by atoms with E-state index in [2.05, 4.69) is 5.32 Å². The fraction of sp³-hybridized carbons (Fsp3) is 0.462. The first-order valence-electron chi connectivity index (χ1n) is 6.36. The monoisotopic (exact) mass is 298 g/mol. The standard InChI is InChI=1S/C13H18N2O4S/c1-9-7-11-8-10(13(17)14-5-6-16)3-4-12(11)15(9)20(2,18)19/h3-4,8-9,16H,5-7H2,1-2H3,(H,14,17). The van der Waals surface area contributed by atoms with Gasteiger partial charge in [-0.15, -0.1) is 0 Å². The zero-order valence-corrected chi connectivity index (χ0v) is 12.3. The van der Waals surface area contributed by atoms with Crippen LogP contribution in [0, 0.1) is 0 Å². The molecule has 0 aliphatic carbocycles. The molecule has 1 atom stereocenters. The van der Waals surface area contributed by atoms with Crippen molar-refractivity contribution in [2.75, 3.05) is 23.7 Å². The van der Waals surface area contributed by atoms with Crippen LogP contribution in [0.25, 0.3) is 0 Å². The zero-order chi connectivity index (χ0) is 14.9. The maximum atomic E-state index is 11.8. The second kappa shape index (κ2) is 5.41. The van der Waals surface area contributed by atoms with Gasteiger partial charge in [0, 0.05) is 18.2 Å². The van der Waals surface area contributed by atoms with Gasteiger partial charge in [0.1, 0.15) is 0 Å². The summed E-state index contributed by atoms with van der Waals surface area (Å²) in [4.78, 5) is 11.8. The Labute approximate surface area is 118 Å². The molecular formula is C13H18N2O4S. The number of aliphatic hydroxyl groups is 1. The Kier molecular flexibility index (Phi) is 4.01. The highest BCUT2D eigenvalue weighted by atomic mass is 32.2. The van der Waals surface area contributed by atoms with Crippen molar-refractivity contribution in [3.05, 3.63) is 29.3 Å². The van der Waals surface area contributed by atoms with Gasteiger partial charge in [-0.2, -0.15) is 0 Å². The molecule has 1 aliphatic heterocycles. The number of anilines is 1. The van der Waals surface area contributed by atoms with Crippen LogP contribution in [0.4, 0.5) is 5.69 Å². The van der Waals surface area contributed by atoms with E-state index >= 15 is 0 Å². The number of rotatable bonds is 4. The van der Waals surface area contributed by atoms with E-state index in [1.54, 1.807) is 18.2 Å². The first-order valence-corrected chi connectivity index (χ1v) is 8.21. The fourth-order valence-electron chi connectivity index (χ4n) is 2.52. The van der Waals surface area contributed by atoms with Gasteiger partial charge in [-0.25, -0.2) is 8.42 Å². The summed E-state index contributed by atoms with van der Waals surface area (Å²) in [5.74, 6) is -0.271. The van der Waals surface area contributed by atoms with Crippen molar-refractivity contribution in [1.29, 1.82) is 0 Å². The molecule has 7 heteroatoms. The molecule has 1 amide bonds. The SMILES string of the molecule is CC1Cc2cc(C(=O)NCCO)ccc2N1S(C)(=O)=O. The molecule has 2 rings (SSSR count). The number of nitrogens with zero attached hydrogens (tertiary/aromatic N) is 1. The first kappa shape index (κ1) is 14.8. The molecule has 1 aromatic carbocycles. The molecule has 0 fully saturated rings. The van der Waals surface area contributed by atoms with Crippen LogP contribution in [0.15, 0.2) is 18.2 Å². The normalized spacial score (nSPS) is 17.9. The molecule has 1 heterocycles. The van der Waals surface area contributed by atoms with E-state index in [0.717, 1.165) is 5.56 Å². The van der Waals surface area contributed by atoms with Crippen LogP contribution in [-0.2, 0) is 16.4 Å². The summed E-state index contributed by atoms with van der Waals surface area (Å²) in [5, 5.41) is 11.3. The van der Waals surface area contributed by atoms with Gasteiger partial charge in [-0.05, 0) is 37.1 Å². The summed E-state index contributed by atoms with van der Waals surface area (Å²) in [7, 11) is -3.31. The summed E-state index contributed by atoms with van der Waals surface area (Å²) in [5.41, 5.74) is 1.96. The number of hydrogen-bond donors (Lipinski definition) is 2. The smallest absolute Gasteiger partial charge is 0.251 e. The van der Waals surface area contributed by atoms with Gasteiger partial charge in [0.2, 0.25) is 10.0 Å². The number of amides is 1. The average Bonchev–Trinajstić information content (AvgIpc) is 2.70. The summed E-state index contributed by atoms with van der Waals surface area (Å²) in [6.45, 7) is 1.92. The molecule has 0 radical (unpaired) electrons. The van der Waals surface area contributed by atoms with E-state index in [1.807, 2.05) is 6.92 Å². The van der Waals surface area contributed by atoms with Crippen molar-refractivity contribution in [1.82, 2.24) is 5.32 Å². The summed E-state index contributed by atoms with van der Waals surface area (Å²) >= 11 is 0. The maximum absolute atomic E-state index is 11.8. The molecule has 0 saturated carbocycles. The first-order chi connectivity index (χ1) is 9.34. The molecule has 0 bridgehead atoms. The van der Waals surface area contributed by atoms with Crippen LogP contribution < -0.4 is 9.62 Å². The van der Waals surface area contributed by atoms with E-state index in [4.69, 9.17) is 5.11 Å². The van der Waals surface area contributed by atoms with E-state index in [9.17, 15) is 13.2 Å². The molecule has 0 saturated heterocycles. The third kappa shape index (κ3) is 2.78. The van der Waals surface area contributed by atoms with Crippen molar-refractivity contribution >= 4 is 21.6 Å². The predicted octanol–water partition coefficient (Wildman–Crippen LogP) is 0.119. The molecule has 0 aromatic heterocycles. The molecule has 1 unspecified atom stereocenters. The van der Waals surface area contributed by atoms with Crippen molar-refractivity contribution in [2.45, 2.75) is 19.4 Å². The highest BCUT2D eigenvalue weighted by Crippen LogP contribution is 2.34. The van der Waals surface area contributed by atoms with Gasteiger partial charge < -0.3 is 10.4 Å². The number of sulfonamides is 1. The van der Waals surface area contributed by atoms with Gasteiger partial charge in [-0.1, -0.05) is 0 Å². The lowest BCUT2D eigenvalue weighted by atomic mass is 10.1. The van der Waals surface area contributed by atoms with Gasteiger partial charge >= 0.3 is 0 Å². The summed E-state index contributed by atoms with van der Waals surface area (Å²) in [6, 6.07) is 4.83. The van der Waals surface area contributed by atoms with Gasteiger partial charge in [-0.3, -0.25) is 9.10 Å². The number of carbonyl (C=O) groups excluding carboxylic acids is 1. The lowest BCUT2D eigenvalue weighted by molar-refractivity contribution is 0.0944. The molecular weight excluding hydrogens is 280 g/mol. The Morgan fingerprint density at radius 3 is 2.80 bits per heavy atom. The van der Waals surface area contributed by atoms with Crippen LogP contribution in [0.5, 0.6) is 0 Å². The minimum atomic E-state index is -3.31. The highest BCUT2D eigenvalue weighted by molar-refractivity contribution is 7.92. The third-order valence-corrected chi connectivity index (χ3v) is 4.52. The van der Waals surface area contributed by atoms with Gasteiger partial charge in [0.15, 0.2) is 0 Å². The van der Waals surface area contributed by atoms with Crippen molar-refractivity contribution < 1.29 is 18.3 Å². The van der Waals surface area contributed by atoms with Crippen molar-refractivity contribution in [3.8, 4) is 0 Å². The van der Waals surface area contributed by atoms with Gasteiger partial charge in [0.25, 0.3) is 5.91 Å². The summed E-state index contributed by atoms with van der Waals surface area (Å²) in [6.07, 6.45) is 1.77. The van der Waals surface area contributed by atoms with Crippen molar-refractivity contribution in [3.63, 3.8) is 0 Å². The summed E-state index contributed by atoms with van der Waals surface area (Å²) < 4.78 is 25.0. The second-order valence-electron chi connectivity index (χ2n) is 4.93. The maximum Gasteiger partial charge on any atom is 0.251 e. The Balaban J connectivity index is 2.31. The van der Waals surface area contributed by atoms with Gasteiger partial charge in [0.05, 0.1) is 18.6 Å². The van der Waals surface area contributed by atoms with Crippen LogP contribution in [0.2, 0.25) is 0 Å². The average molecular weight is 298 g/mol. The van der Waals surface area contributed by atoms with E-state index in [-0.39, 0.29) is 25.1 Å². The van der Waals surface area contributed by atoms with Crippen LogP contribution >= 0.6 is 0 Å². The number of aliphatic hydroxyl groups excluding tert-OH is 1. The fourth-order valence-corrected chi connectivity index (χ4v) is 3.78. The number of benzene rings is 1. The molecule has 1 aliphatic rings. The van der Waals surface area contributed by atoms with Crippen LogP contribution in [0.1, 0.15) is 22.8 Å².